The molecule has 0 amide bonds. The quantitative estimate of drug-likeness (QED) is 0.902. The van der Waals surface area contributed by atoms with E-state index in [1.165, 1.54) is 19.4 Å². The molecule has 0 bridgehead atoms. The van der Waals surface area contributed by atoms with E-state index in [-0.39, 0.29) is 6.10 Å². The molecule has 2 aromatic heterocycles. The molecule has 1 saturated heterocycles. The van der Waals surface area contributed by atoms with Crippen LogP contribution in [0, 0.1) is 5.92 Å². The highest BCUT2D eigenvalue weighted by atomic mass is 16.5. The Balaban J connectivity index is 1.44. The van der Waals surface area contributed by atoms with E-state index >= 15 is 0 Å². The molecule has 2 aromatic rings. The lowest BCUT2D eigenvalue weighted by Gasteiger charge is -2.32. The lowest BCUT2D eigenvalue weighted by atomic mass is 10.2. The van der Waals surface area contributed by atoms with Crippen LogP contribution in [0.2, 0.25) is 0 Å². The molecule has 3 heterocycles. The number of anilines is 2. The summed E-state index contributed by atoms with van der Waals surface area (Å²) in [6.45, 7) is 3.83. The first-order valence-electron chi connectivity index (χ1n) is 8.07. The monoisotopic (exact) mass is 312 g/mol. The van der Waals surface area contributed by atoms with Crippen molar-refractivity contribution in [1.82, 2.24) is 24.8 Å². The Kier molecular flexibility index (Phi) is 4.12. The molecule has 1 unspecified atom stereocenters. The zero-order chi connectivity index (χ0) is 15.5. The van der Waals surface area contributed by atoms with Gasteiger partial charge in [-0.05, 0) is 24.8 Å². The minimum atomic E-state index is -0.0200. The molecule has 0 aromatic carbocycles. The lowest BCUT2D eigenvalue weighted by Crippen LogP contribution is -2.39. The first kappa shape index (κ1) is 14.5. The summed E-state index contributed by atoms with van der Waals surface area (Å²) < 4.78 is 5.90. The summed E-state index contributed by atoms with van der Waals surface area (Å²) in [5, 5.41) is 3.07. The molecular formula is C16H20N6O. The van der Waals surface area contributed by atoms with Crippen molar-refractivity contribution in [3.63, 3.8) is 0 Å². The summed E-state index contributed by atoms with van der Waals surface area (Å²) in [6.07, 6.45) is 9.55. The number of nitrogens with zero attached hydrogens (tertiary/aromatic N) is 5. The standard InChI is InChI=1S/C16H20N6O/c1-4-18-16(19-5-1)21-15-9-17-8-13(20-15)14-11-22(6-7-23-14)10-12-2-3-12/h1,4-5,8-9,12,14H,2-3,6-7,10-11H2,(H,18,19,20,21). The number of rotatable bonds is 5. The molecule has 4 rings (SSSR count). The maximum absolute atomic E-state index is 5.90. The fraction of sp³-hybridized carbons (Fsp3) is 0.500. The van der Waals surface area contributed by atoms with Crippen molar-refractivity contribution in [2.24, 2.45) is 5.92 Å². The van der Waals surface area contributed by atoms with Gasteiger partial charge in [-0.15, -0.1) is 0 Å². The lowest BCUT2D eigenvalue weighted by molar-refractivity contribution is -0.0335. The van der Waals surface area contributed by atoms with Crippen LogP contribution in [0.15, 0.2) is 30.9 Å². The van der Waals surface area contributed by atoms with Crippen molar-refractivity contribution >= 4 is 11.8 Å². The summed E-state index contributed by atoms with van der Waals surface area (Å²) in [7, 11) is 0. The molecule has 23 heavy (non-hydrogen) atoms. The molecule has 1 aliphatic heterocycles. The second-order valence-corrected chi connectivity index (χ2v) is 6.09. The average molecular weight is 312 g/mol. The molecule has 7 heteroatoms. The van der Waals surface area contributed by atoms with Crippen LogP contribution in [0.3, 0.4) is 0 Å². The van der Waals surface area contributed by atoms with E-state index < -0.39 is 0 Å². The molecule has 0 radical (unpaired) electrons. The van der Waals surface area contributed by atoms with Crippen molar-refractivity contribution in [1.29, 1.82) is 0 Å². The number of hydrogen-bond donors (Lipinski definition) is 1. The largest absolute Gasteiger partial charge is 0.369 e. The van der Waals surface area contributed by atoms with Gasteiger partial charge in [0, 0.05) is 32.0 Å². The second-order valence-electron chi connectivity index (χ2n) is 6.09. The second kappa shape index (κ2) is 6.55. The van der Waals surface area contributed by atoms with Gasteiger partial charge in [0.1, 0.15) is 6.10 Å². The number of hydrogen-bond acceptors (Lipinski definition) is 7. The van der Waals surface area contributed by atoms with E-state index in [1.54, 1.807) is 30.9 Å². The highest BCUT2D eigenvalue weighted by Gasteiger charge is 2.29. The van der Waals surface area contributed by atoms with E-state index in [2.05, 4.69) is 30.2 Å². The molecule has 1 aliphatic carbocycles. The summed E-state index contributed by atoms with van der Waals surface area (Å²) in [5.74, 6) is 2.04. The number of nitrogens with one attached hydrogen (secondary N) is 1. The maximum atomic E-state index is 5.90. The number of morpholine rings is 1. The van der Waals surface area contributed by atoms with Crippen LogP contribution in [0.4, 0.5) is 11.8 Å². The minimum Gasteiger partial charge on any atom is -0.369 e. The van der Waals surface area contributed by atoms with Gasteiger partial charge in [0.25, 0.3) is 0 Å². The van der Waals surface area contributed by atoms with Crippen molar-refractivity contribution < 1.29 is 4.74 Å². The molecule has 1 atom stereocenters. The van der Waals surface area contributed by atoms with Gasteiger partial charge in [0.15, 0.2) is 5.82 Å². The third-order valence-corrected chi connectivity index (χ3v) is 4.15. The predicted molar refractivity (Wildman–Crippen MR) is 85.2 cm³/mol. The number of ether oxygens (including phenoxy) is 1. The van der Waals surface area contributed by atoms with Crippen molar-refractivity contribution in [2.75, 3.05) is 31.6 Å². The highest BCUT2D eigenvalue weighted by Crippen LogP contribution is 2.31. The molecule has 2 aliphatic rings. The third kappa shape index (κ3) is 3.80. The Hall–Kier alpha value is -2.12. The van der Waals surface area contributed by atoms with Crippen molar-refractivity contribution in [3.05, 3.63) is 36.5 Å². The molecule has 2 fully saturated rings. The van der Waals surface area contributed by atoms with Gasteiger partial charge in [-0.3, -0.25) is 9.88 Å². The molecule has 120 valence electrons. The van der Waals surface area contributed by atoms with E-state index in [4.69, 9.17) is 4.74 Å². The van der Waals surface area contributed by atoms with Crippen LogP contribution in [0.1, 0.15) is 24.6 Å². The smallest absolute Gasteiger partial charge is 0.228 e. The van der Waals surface area contributed by atoms with Gasteiger partial charge in [-0.2, -0.15) is 0 Å². The zero-order valence-electron chi connectivity index (χ0n) is 12.9. The van der Waals surface area contributed by atoms with Gasteiger partial charge in [-0.25, -0.2) is 15.0 Å². The SMILES string of the molecule is c1cnc(Nc2cncc(C3CN(CC4CC4)CCO3)n2)nc1. The van der Waals surface area contributed by atoms with Crippen LogP contribution >= 0.6 is 0 Å². The van der Waals surface area contributed by atoms with Gasteiger partial charge in [0.05, 0.1) is 24.7 Å². The average Bonchev–Trinajstić information content (AvgIpc) is 3.40. The van der Waals surface area contributed by atoms with E-state index in [0.717, 1.165) is 31.3 Å². The fourth-order valence-corrected chi connectivity index (χ4v) is 2.79. The normalized spacial score (nSPS) is 22.0. The zero-order valence-corrected chi connectivity index (χ0v) is 12.9. The van der Waals surface area contributed by atoms with E-state index in [0.29, 0.717) is 11.8 Å². The first-order chi connectivity index (χ1) is 11.4. The van der Waals surface area contributed by atoms with Crippen LogP contribution in [0.25, 0.3) is 0 Å². The molecule has 1 N–H and O–H groups in total. The molecule has 7 nitrogen and oxygen atoms in total. The molecule has 0 spiro atoms. The van der Waals surface area contributed by atoms with Crippen LogP contribution < -0.4 is 5.32 Å². The Bertz CT molecular complexity index is 648. The van der Waals surface area contributed by atoms with E-state index in [9.17, 15) is 0 Å². The predicted octanol–water partition coefficient (Wildman–Crippen LogP) is 1.79. The van der Waals surface area contributed by atoms with Crippen LogP contribution in [0.5, 0.6) is 0 Å². The highest BCUT2D eigenvalue weighted by molar-refractivity contribution is 5.45. The fourth-order valence-electron chi connectivity index (χ4n) is 2.79. The van der Waals surface area contributed by atoms with Gasteiger partial charge < -0.3 is 10.1 Å². The Morgan fingerprint density at radius 2 is 2.09 bits per heavy atom. The van der Waals surface area contributed by atoms with Crippen LogP contribution in [-0.4, -0.2) is 51.1 Å². The summed E-state index contributed by atoms with van der Waals surface area (Å²) in [5.41, 5.74) is 0.853. The third-order valence-electron chi connectivity index (χ3n) is 4.15. The minimum absolute atomic E-state index is 0.0200. The first-order valence-corrected chi connectivity index (χ1v) is 8.07. The van der Waals surface area contributed by atoms with Gasteiger partial charge in [-0.1, -0.05) is 0 Å². The maximum Gasteiger partial charge on any atom is 0.228 e. The van der Waals surface area contributed by atoms with Gasteiger partial charge in [0.2, 0.25) is 5.95 Å². The topological polar surface area (TPSA) is 76.1 Å². The van der Waals surface area contributed by atoms with E-state index in [1.807, 2.05) is 0 Å². The van der Waals surface area contributed by atoms with Crippen LogP contribution in [-0.2, 0) is 4.74 Å². The summed E-state index contributed by atoms with van der Waals surface area (Å²) >= 11 is 0. The van der Waals surface area contributed by atoms with Gasteiger partial charge >= 0.3 is 0 Å². The Labute approximate surface area is 135 Å². The van der Waals surface area contributed by atoms with Crippen molar-refractivity contribution in [3.8, 4) is 0 Å². The Morgan fingerprint density at radius 3 is 2.91 bits per heavy atom. The summed E-state index contributed by atoms with van der Waals surface area (Å²) in [4.78, 5) is 19.6. The molecular weight excluding hydrogens is 292 g/mol. The molecule has 1 saturated carbocycles. The number of aromatic nitrogens is 4. The summed E-state index contributed by atoms with van der Waals surface area (Å²) in [6, 6.07) is 1.78. The Morgan fingerprint density at radius 1 is 1.22 bits per heavy atom. The van der Waals surface area contributed by atoms with Crippen molar-refractivity contribution in [2.45, 2.75) is 18.9 Å².